The molecule has 4 nitrogen and oxygen atoms in total. The van der Waals surface area contributed by atoms with Gasteiger partial charge in [-0.25, -0.2) is 0 Å². The normalized spacial score (nSPS) is 23.0. The average Bonchev–Trinajstić information content (AvgIpc) is 2.48. The fraction of sp³-hybridized carbons (Fsp3) is 0.600. The number of amides is 1. The number of carbonyl (C=O) groups is 1. The zero-order valence-electron chi connectivity index (χ0n) is 11.3. The van der Waals surface area contributed by atoms with Crippen LogP contribution < -0.4 is 11.1 Å². The second-order valence-electron chi connectivity index (χ2n) is 5.35. The van der Waals surface area contributed by atoms with E-state index in [0.29, 0.717) is 12.5 Å². The third kappa shape index (κ3) is 4.31. The predicted octanol–water partition coefficient (Wildman–Crippen LogP) is 1.51. The summed E-state index contributed by atoms with van der Waals surface area (Å²) in [7, 11) is 0. The number of nitrogens with zero attached hydrogens (tertiary/aromatic N) is 1. The molecule has 0 bridgehead atoms. The second-order valence-corrected chi connectivity index (χ2v) is 5.35. The van der Waals surface area contributed by atoms with Gasteiger partial charge in [-0.05, 0) is 62.3 Å². The van der Waals surface area contributed by atoms with Gasteiger partial charge in [0.25, 0.3) is 0 Å². The van der Waals surface area contributed by atoms with Crippen LogP contribution in [0.4, 0.5) is 0 Å². The molecule has 0 aliphatic heterocycles. The van der Waals surface area contributed by atoms with Crippen LogP contribution >= 0.6 is 0 Å². The van der Waals surface area contributed by atoms with Gasteiger partial charge in [-0.1, -0.05) is 0 Å². The Balaban J connectivity index is 1.67. The van der Waals surface area contributed by atoms with E-state index in [-0.39, 0.29) is 11.8 Å². The molecule has 19 heavy (non-hydrogen) atoms. The summed E-state index contributed by atoms with van der Waals surface area (Å²) >= 11 is 0. The van der Waals surface area contributed by atoms with Gasteiger partial charge in [0.05, 0.1) is 0 Å². The minimum atomic E-state index is 0.195. The van der Waals surface area contributed by atoms with Crippen LogP contribution in [0.15, 0.2) is 24.5 Å². The Hall–Kier alpha value is -1.42. The number of hydrogen-bond acceptors (Lipinski definition) is 3. The molecular weight excluding hydrogens is 238 g/mol. The van der Waals surface area contributed by atoms with Crippen molar-refractivity contribution >= 4 is 5.91 Å². The SMILES string of the molecule is NCC1CCC(C(=O)NCCc2ccncc2)CC1. The molecule has 0 unspecified atom stereocenters. The van der Waals surface area contributed by atoms with Gasteiger partial charge in [0.1, 0.15) is 0 Å². The van der Waals surface area contributed by atoms with Crippen molar-refractivity contribution in [3.8, 4) is 0 Å². The lowest BCUT2D eigenvalue weighted by Gasteiger charge is -2.26. The molecule has 4 heteroatoms. The predicted molar refractivity (Wildman–Crippen MR) is 75.5 cm³/mol. The number of carbonyl (C=O) groups excluding carboxylic acids is 1. The van der Waals surface area contributed by atoms with Crippen LogP contribution in [0.3, 0.4) is 0 Å². The molecular formula is C15H23N3O. The molecule has 0 radical (unpaired) electrons. The number of rotatable bonds is 5. The Morgan fingerprint density at radius 3 is 2.58 bits per heavy atom. The first-order chi connectivity index (χ1) is 9.29. The van der Waals surface area contributed by atoms with E-state index in [9.17, 15) is 4.79 Å². The van der Waals surface area contributed by atoms with Crippen LogP contribution in [0.2, 0.25) is 0 Å². The summed E-state index contributed by atoms with van der Waals surface area (Å²) in [6, 6.07) is 3.97. The Morgan fingerprint density at radius 1 is 1.26 bits per heavy atom. The summed E-state index contributed by atoms with van der Waals surface area (Å²) in [4.78, 5) is 16.0. The van der Waals surface area contributed by atoms with Crippen molar-refractivity contribution < 1.29 is 4.79 Å². The minimum absolute atomic E-state index is 0.195. The number of nitrogens with two attached hydrogens (primary N) is 1. The van der Waals surface area contributed by atoms with Crippen molar-refractivity contribution in [2.24, 2.45) is 17.6 Å². The largest absolute Gasteiger partial charge is 0.356 e. The van der Waals surface area contributed by atoms with Crippen LogP contribution in [-0.4, -0.2) is 24.0 Å². The molecule has 0 saturated heterocycles. The Bertz CT molecular complexity index is 386. The van der Waals surface area contributed by atoms with Gasteiger partial charge in [0.2, 0.25) is 5.91 Å². The number of hydrogen-bond donors (Lipinski definition) is 2. The Labute approximate surface area is 114 Å². The third-order valence-corrected chi connectivity index (χ3v) is 4.01. The molecule has 1 aromatic heterocycles. The maximum Gasteiger partial charge on any atom is 0.223 e. The van der Waals surface area contributed by atoms with Gasteiger partial charge in [0.15, 0.2) is 0 Å². The summed E-state index contributed by atoms with van der Waals surface area (Å²) in [5.74, 6) is 1.03. The molecule has 0 aromatic carbocycles. The Kier molecular flexibility index (Phi) is 5.33. The lowest BCUT2D eigenvalue weighted by Crippen LogP contribution is -2.35. The van der Waals surface area contributed by atoms with Gasteiger partial charge in [-0.15, -0.1) is 0 Å². The van der Waals surface area contributed by atoms with Crippen molar-refractivity contribution in [3.63, 3.8) is 0 Å². The standard InChI is InChI=1S/C15H23N3O/c16-11-13-1-3-14(4-2-13)15(19)18-10-7-12-5-8-17-9-6-12/h5-6,8-9,13-14H,1-4,7,10-11,16H2,(H,18,19). The van der Waals surface area contributed by atoms with Crippen LogP contribution in [-0.2, 0) is 11.2 Å². The average molecular weight is 261 g/mol. The van der Waals surface area contributed by atoms with Crippen molar-refractivity contribution in [1.82, 2.24) is 10.3 Å². The summed E-state index contributed by atoms with van der Waals surface area (Å²) in [5.41, 5.74) is 6.87. The van der Waals surface area contributed by atoms with Gasteiger partial charge < -0.3 is 11.1 Å². The number of pyridine rings is 1. The fourth-order valence-corrected chi connectivity index (χ4v) is 2.68. The molecule has 1 heterocycles. The van der Waals surface area contributed by atoms with Crippen molar-refractivity contribution in [3.05, 3.63) is 30.1 Å². The lowest BCUT2D eigenvalue weighted by atomic mass is 9.81. The smallest absolute Gasteiger partial charge is 0.223 e. The van der Waals surface area contributed by atoms with Crippen LogP contribution in [0.25, 0.3) is 0 Å². The maximum atomic E-state index is 12.0. The van der Waals surface area contributed by atoms with E-state index in [1.807, 2.05) is 12.1 Å². The monoisotopic (exact) mass is 261 g/mol. The van der Waals surface area contributed by atoms with Crippen LogP contribution in [0.1, 0.15) is 31.2 Å². The molecule has 2 rings (SSSR count). The molecule has 104 valence electrons. The molecule has 1 saturated carbocycles. The fourth-order valence-electron chi connectivity index (χ4n) is 2.68. The van der Waals surface area contributed by atoms with Crippen molar-refractivity contribution in [2.45, 2.75) is 32.1 Å². The molecule has 1 aromatic rings. The molecule has 0 atom stereocenters. The highest BCUT2D eigenvalue weighted by molar-refractivity contribution is 5.78. The Morgan fingerprint density at radius 2 is 1.95 bits per heavy atom. The topological polar surface area (TPSA) is 68.0 Å². The minimum Gasteiger partial charge on any atom is -0.356 e. The van der Waals surface area contributed by atoms with E-state index in [0.717, 1.165) is 38.6 Å². The zero-order valence-corrected chi connectivity index (χ0v) is 11.3. The summed E-state index contributed by atoms with van der Waals surface area (Å²) in [6.45, 7) is 1.47. The highest BCUT2D eigenvalue weighted by atomic mass is 16.1. The van der Waals surface area contributed by atoms with Gasteiger partial charge >= 0.3 is 0 Å². The summed E-state index contributed by atoms with van der Waals surface area (Å²) < 4.78 is 0. The first kappa shape index (κ1) is 14.0. The van der Waals surface area contributed by atoms with E-state index in [1.165, 1.54) is 5.56 Å². The highest BCUT2D eigenvalue weighted by Gasteiger charge is 2.25. The van der Waals surface area contributed by atoms with E-state index in [1.54, 1.807) is 12.4 Å². The zero-order chi connectivity index (χ0) is 13.5. The number of aromatic nitrogens is 1. The molecule has 1 fully saturated rings. The van der Waals surface area contributed by atoms with E-state index >= 15 is 0 Å². The van der Waals surface area contributed by atoms with E-state index in [2.05, 4.69) is 10.3 Å². The van der Waals surface area contributed by atoms with E-state index < -0.39 is 0 Å². The maximum absolute atomic E-state index is 12.0. The first-order valence-electron chi connectivity index (χ1n) is 7.16. The van der Waals surface area contributed by atoms with Crippen LogP contribution in [0.5, 0.6) is 0 Å². The summed E-state index contributed by atoms with van der Waals surface area (Å²) in [6.07, 6.45) is 8.60. The van der Waals surface area contributed by atoms with Gasteiger partial charge in [-0.2, -0.15) is 0 Å². The van der Waals surface area contributed by atoms with Crippen molar-refractivity contribution in [2.75, 3.05) is 13.1 Å². The summed E-state index contributed by atoms with van der Waals surface area (Å²) in [5, 5.41) is 3.04. The van der Waals surface area contributed by atoms with E-state index in [4.69, 9.17) is 5.73 Å². The van der Waals surface area contributed by atoms with Gasteiger partial charge in [0, 0.05) is 24.9 Å². The molecule has 1 aliphatic carbocycles. The first-order valence-corrected chi connectivity index (χ1v) is 7.16. The van der Waals surface area contributed by atoms with Crippen LogP contribution in [0, 0.1) is 11.8 Å². The molecule has 0 spiro atoms. The van der Waals surface area contributed by atoms with Crippen molar-refractivity contribution in [1.29, 1.82) is 0 Å². The molecule has 1 aliphatic rings. The quantitative estimate of drug-likeness (QED) is 0.844. The second kappa shape index (κ2) is 7.24. The molecule has 1 amide bonds. The third-order valence-electron chi connectivity index (χ3n) is 4.01. The number of nitrogens with one attached hydrogen (secondary N) is 1. The van der Waals surface area contributed by atoms with Gasteiger partial charge in [-0.3, -0.25) is 9.78 Å². The lowest BCUT2D eigenvalue weighted by molar-refractivity contribution is -0.126. The molecule has 3 N–H and O–H groups in total. The highest BCUT2D eigenvalue weighted by Crippen LogP contribution is 2.28.